The van der Waals surface area contributed by atoms with Crippen LogP contribution in [0.5, 0.6) is 0 Å². The summed E-state index contributed by atoms with van der Waals surface area (Å²) in [5, 5.41) is 8.91. The van der Waals surface area contributed by atoms with Crippen LogP contribution < -0.4 is 10.6 Å². The van der Waals surface area contributed by atoms with Crippen LogP contribution in [0.4, 0.5) is 5.00 Å². The van der Waals surface area contributed by atoms with Crippen LogP contribution in [0.25, 0.3) is 0 Å². The Morgan fingerprint density at radius 3 is 3.20 bits per heavy atom. The first-order chi connectivity index (χ1) is 7.27. The lowest BCUT2D eigenvalue weighted by atomic mass is 10.2. The Hall–Kier alpha value is -0.910. The number of anilines is 1. The molecule has 1 amide bonds. The standard InChI is InChI=1S/C10H14N2O2S/c1-7-2-5-15-10(7)12-9(13)8-6-14-4-3-11-8/h2,5,8,11H,3-4,6H2,1H3,(H,12,13). The van der Waals surface area contributed by atoms with Crippen LogP contribution in [0.3, 0.4) is 0 Å². The second kappa shape index (κ2) is 4.74. The minimum absolute atomic E-state index is 0.0137. The quantitative estimate of drug-likeness (QED) is 0.790. The summed E-state index contributed by atoms with van der Waals surface area (Å²) in [6.45, 7) is 3.86. The summed E-state index contributed by atoms with van der Waals surface area (Å²) in [6.07, 6.45) is 0. The van der Waals surface area contributed by atoms with Gasteiger partial charge in [0, 0.05) is 6.54 Å². The van der Waals surface area contributed by atoms with E-state index in [2.05, 4.69) is 10.6 Å². The Kier molecular flexibility index (Phi) is 3.35. The third-order valence-electron chi connectivity index (χ3n) is 2.34. The summed E-state index contributed by atoms with van der Waals surface area (Å²) in [5.41, 5.74) is 1.10. The summed E-state index contributed by atoms with van der Waals surface area (Å²) >= 11 is 1.54. The highest BCUT2D eigenvalue weighted by Crippen LogP contribution is 2.21. The molecule has 15 heavy (non-hydrogen) atoms. The fourth-order valence-electron chi connectivity index (χ4n) is 1.43. The highest BCUT2D eigenvalue weighted by atomic mass is 32.1. The number of thiophene rings is 1. The molecule has 1 saturated heterocycles. The van der Waals surface area contributed by atoms with Crippen molar-refractivity contribution in [1.82, 2.24) is 5.32 Å². The molecule has 82 valence electrons. The van der Waals surface area contributed by atoms with Gasteiger partial charge < -0.3 is 15.4 Å². The molecule has 2 rings (SSSR count). The largest absolute Gasteiger partial charge is 0.378 e. The third kappa shape index (κ3) is 2.56. The van der Waals surface area contributed by atoms with E-state index in [-0.39, 0.29) is 11.9 Å². The molecule has 1 aliphatic heterocycles. The Labute approximate surface area is 92.6 Å². The Morgan fingerprint density at radius 1 is 1.73 bits per heavy atom. The Morgan fingerprint density at radius 2 is 2.60 bits per heavy atom. The van der Waals surface area contributed by atoms with Crippen LogP contribution in [0.2, 0.25) is 0 Å². The molecule has 2 N–H and O–H groups in total. The molecule has 1 unspecified atom stereocenters. The van der Waals surface area contributed by atoms with Gasteiger partial charge in [-0.3, -0.25) is 4.79 Å². The highest BCUT2D eigenvalue weighted by molar-refractivity contribution is 7.14. The molecule has 2 heterocycles. The lowest BCUT2D eigenvalue weighted by molar-refractivity contribution is -0.120. The molecule has 0 aliphatic carbocycles. The first-order valence-corrected chi connectivity index (χ1v) is 5.81. The maximum atomic E-state index is 11.8. The molecular weight excluding hydrogens is 212 g/mol. The molecule has 1 aromatic heterocycles. The van der Waals surface area contributed by atoms with Crippen molar-refractivity contribution in [2.75, 3.05) is 25.1 Å². The fraction of sp³-hybridized carbons (Fsp3) is 0.500. The van der Waals surface area contributed by atoms with Gasteiger partial charge in [-0.15, -0.1) is 11.3 Å². The van der Waals surface area contributed by atoms with Crippen molar-refractivity contribution in [3.8, 4) is 0 Å². The molecule has 0 radical (unpaired) electrons. The van der Waals surface area contributed by atoms with Gasteiger partial charge >= 0.3 is 0 Å². The summed E-state index contributed by atoms with van der Waals surface area (Å²) < 4.78 is 5.23. The van der Waals surface area contributed by atoms with E-state index in [0.29, 0.717) is 13.2 Å². The van der Waals surface area contributed by atoms with E-state index in [0.717, 1.165) is 17.1 Å². The van der Waals surface area contributed by atoms with Gasteiger partial charge in [-0.1, -0.05) is 0 Å². The van der Waals surface area contributed by atoms with E-state index >= 15 is 0 Å². The first kappa shape index (κ1) is 10.6. The second-order valence-electron chi connectivity index (χ2n) is 3.50. The van der Waals surface area contributed by atoms with Crippen LogP contribution in [-0.2, 0) is 9.53 Å². The van der Waals surface area contributed by atoms with Crippen LogP contribution in [-0.4, -0.2) is 31.7 Å². The minimum Gasteiger partial charge on any atom is -0.378 e. The number of amides is 1. The molecular formula is C10H14N2O2S. The van der Waals surface area contributed by atoms with Crippen molar-refractivity contribution in [3.63, 3.8) is 0 Å². The number of carbonyl (C=O) groups is 1. The zero-order valence-corrected chi connectivity index (χ0v) is 9.39. The maximum absolute atomic E-state index is 11.8. The van der Waals surface area contributed by atoms with Crippen molar-refractivity contribution >= 4 is 22.2 Å². The lowest BCUT2D eigenvalue weighted by Crippen LogP contribution is -2.48. The Bertz CT molecular complexity index is 345. The third-order valence-corrected chi connectivity index (χ3v) is 3.27. The molecule has 0 aromatic carbocycles. The van der Waals surface area contributed by atoms with E-state index in [1.54, 1.807) is 11.3 Å². The first-order valence-electron chi connectivity index (χ1n) is 4.93. The molecule has 1 aromatic rings. The van der Waals surface area contributed by atoms with E-state index in [4.69, 9.17) is 4.74 Å². The van der Waals surface area contributed by atoms with Crippen molar-refractivity contribution in [2.45, 2.75) is 13.0 Å². The van der Waals surface area contributed by atoms with Crippen LogP contribution in [0, 0.1) is 6.92 Å². The summed E-state index contributed by atoms with van der Waals surface area (Å²) in [6, 6.07) is 1.77. The van der Waals surface area contributed by atoms with Crippen molar-refractivity contribution in [2.24, 2.45) is 0 Å². The van der Waals surface area contributed by atoms with E-state index < -0.39 is 0 Å². The number of nitrogens with one attached hydrogen (secondary N) is 2. The number of aryl methyl sites for hydroxylation is 1. The molecule has 1 aliphatic rings. The van der Waals surface area contributed by atoms with E-state index in [1.165, 1.54) is 0 Å². The van der Waals surface area contributed by atoms with Crippen molar-refractivity contribution in [3.05, 3.63) is 17.0 Å². The predicted molar refractivity (Wildman–Crippen MR) is 60.3 cm³/mol. The average molecular weight is 226 g/mol. The number of morpholine rings is 1. The van der Waals surface area contributed by atoms with Gasteiger partial charge in [-0.2, -0.15) is 0 Å². The van der Waals surface area contributed by atoms with Crippen LogP contribution in [0.15, 0.2) is 11.4 Å². The molecule has 0 bridgehead atoms. The zero-order valence-electron chi connectivity index (χ0n) is 8.58. The number of ether oxygens (including phenoxy) is 1. The van der Waals surface area contributed by atoms with Gasteiger partial charge in [0.1, 0.15) is 6.04 Å². The SMILES string of the molecule is Cc1ccsc1NC(=O)C1COCCN1. The topological polar surface area (TPSA) is 50.4 Å². The van der Waals surface area contributed by atoms with E-state index in [9.17, 15) is 4.79 Å². The zero-order chi connectivity index (χ0) is 10.7. The van der Waals surface area contributed by atoms with Crippen molar-refractivity contribution in [1.29, 1.82) is 0 Å². The Balaban J connectivity index is 1.94. The van der Waals surface area contributed by atoms with Gasteiger partial charge in [-0.05, 0) is 23.9 Å². The predicted octanol–water partition coefficient (Wildman–Crippen LogP) is 0.983. The molecule has 1 atom stereocenters. The smallest absolute Gasteiger partial charge is 0.244 e. The number of hydrogen-bond acceptors (Lipinski definition) is 4. The average Bonchev–Trinajstić information content (AvgIpc) is 2.66. The van der Waals surface area contributed by atoms with Crippen LogP contribution in [0.1, 0.15) is 5.56 Å². The molecule has 4 nitrogen and oxygen atoms in total. The highest BCUT2D eigenvalue weighted by Gasteiger charge is 2.21. The summed E-state index contributed by atoms with van der Waals surface area (Å²) in [5.74, 6) is -0.0137. The molecule has 0 spiro atoms. The molecule has 5 heteroatoms. The molecule has 0 saturated carbocycles. The van der Waals surface area contributed by atoms with Gasteiger partial charge in [-0.25, -0.2) is 0 Å². The monoisotopic (exact) mass is 226 g/mol. The van der Waals surface area contributed by atoms with Gasteiger partial charge in [0.2, 0.25) is 5.91 Å². The van der Waals surface area contributed by atoms with Gasteiger partial charge in [0.15, 0.2) is 0 Å². The maximum Gasteiger partial charge on any atom is 0.244 e. The van der Waals surface area contributed by atoms with Gasteiger partial charge in [0.25, 0.3) is 0 Å². The number of carbonyl (C=O) groups excluding carboxylic acids is 1. The normalized spacial score (nSPS) is 21.3. The minimum atomic E-state index is -0.222. The van der Waals surface area contributed by atoms with Gasteiger partial charge in [0.05, 0.1) is 18.2 Å². The molecule has 1 fully saturated rings. The summed E-state index contributed by atoms with van der Waals surface area (Å²) in [7, 11) is 0. The van der Waals surface area contributed by atoms with Crippen LogP contribution >= 0.6 is 11.3 Å². The second-order valence-corrected chi connectivity index (χ2v) is 4.42. The summed E-state index contributed by atoms with van der Waals surface area (Å²) in [4.78, 5) is 11.8. The van der Waals surface area contributed by atoms with E-state index in [1.807, 2.05) is 18.4 Å². The number of hydrogen-bond donors (Lipinski definition) is 2. The lowest BCUT2D eigenvalue weighted by Gasteiger charge is -2.22. The fourth-order valence-corrected chi connectivity index (χ4v) is 2.26. The van der Waals surface area contributed by atoms with Crippen molar-refractivity contribution < 1.29 is 9.53 Å². The number of rotatable bonds is 2.